The first-order chi connectivity index (χ1) is 9.40. The highest BCUT2D eigenvalue weighted by atomic mass is 15.2. The minimum Gasteiger partial charge on any atom is -0.290 e. The highest BCUT2D eigenvalue weighted by molar-refractivity contribution is 5.83. The molecule has 2 N–H and O–H groups in total. The third-order valence-electron chi connectivity index (χ3n) is 3.96. The fraction of sp³-hybridized carbons (Fsp3) is 0.176. The highest BCUT2D eigenvalue weighted by Gasteiger charge is 2.31. The molecular formula is C17H16N2. The molecule has 0 aromatic heterocycles. The summed E-state index contributed by atoms with van der Waals surface area (Å²) in [5, 5.41) is 9.84. The van der Waals surface area contributed by atoms with Crippen molar-refractivity contribution in [1.82, 2.24) is 10.6 Å². The van der Waals surface area contributed by atoms with Crippen LogP contribution in [-0.2, 0) is 0 Å². The molecule has 2 unspecified atom stereocenters. The van der Waals surface area contributed by atoms with Crippen molar-refractivity contribution in [3.05, 3.63) is 72.3 Å². The molecule has 0 bridgehead atoms. The van der Waals surface area contributed by atoms with E-state index in [9.17, 15) is 0 Å². The zero-order valence-electron chi connectivity index (χ0n) is 10.6. The predicted molar refractivity (Wildman–Crippen MR) is 78.8 cm³/mol. The van der Waals surface area contributed by atoms with Gasteiger partial charge < -0.3 is 0 Å². The predicted octanol–water partition coefficient (Wildman–Crippen LogP) is 2.89. The molecule has 2 nitrogen and oxygen atoms in total. The van der Waals surface area contributed by atoms with Gasteiger partial charge >= 0.3 is 0 Å². The Morgan fingerprint density at radius 3 is 2.16 bits per heavy atom. The van der Waals surface area contributed by atoms with Crippen molar-refractivity contribution in [2.24, 2.45) is 0 Å². The van der Waals surface area contributed by atoms with E-state index in [-0.39, 0.29) is 6.17 Å². The van der Waals surface area contributed by atoms with Gasteiger partial charge in [-0.25, -0.2) is 0 Å². The van der Waals surface area contributed by atoms with Gasteiger partial charge in [-0.3, -0.25) is 10.6 Å². The summed E-state index contributed by atoms with van der Waals surface area (Å²) in [7, 11) is 0. The van der Waals surface area contributed by atoms with E-state index in [2.05, 4.69) is 77.4 Å². The molecule has 0 radical (unpaired) electrons. The number of fused-ring (bicyclic) bond motifs is 2. The van der Waals surface area contributed by atoms with Crippen molar-refractivity contribution < 1.29 is 0 Å². The lowest BCUT2D eigenvalue weighted by Crippen LogP contribution is -2.30. The van der Waals surface area contributed by atoms with Crippen molar-refractivity contribution in [1.29, 1.82) is 0 Å². The Morgan fingerprint density at radius 2 is 1.42 bits per heavy atom. The first kappa shape index (κ1) is 11.0. The number of hydrogen-bond acceptors (Lipinski definition) is 2. The fourth-order valence-electron chi connectivity index (χ4n) is 2.94. The van der Waals surface area contributed by atoms with Gasteiger partial charge in [0.2, 0.25) is 0 Å². The molecule has 2 aliphatic rings. The van der Waals surface area contributed by atoms with Crippen LogP contribution in [0.25, 0.3) is 10.8 Å². The van der Waals surface area contributed by atoms with Crippen LogP contribution in [0.3, 0.4) is 0 Å². The molecule has 2 aromatic rings. The summed E-state index contributed by atoms with van der Waals surface area (Å²) in [4.78, 5) is 0. The molecule has 1 aliphatic heterocycles. The molecule has 1 aliphatic carbocycles. The van der Waals surface area contributed by atoms with Gasteiger partial charge in [-0.05, 0) is 22.4 Å². The second-order valence-electron chi connectivity index (χ2n) is 5.19. The monoisotopic (exact) mass is 248 g/mol. The van der Waals surface area contributed by atoms with Crippen molar-refractivity contribution in [3.63, 3.8) is 0 Å². The van der Waals surface area contributed by atoms with Crippen LogP contribution in [0.4, 0.5) is 0 Å². The van der Waals surface area contributed by atoms with Gasteiger partial charge in [0, 0.05) is 12.1 Å². The van der Waals surface area contributed by atoms with Crippen LogP contribution in [0.5, 0.6) is 0 Å². The van der Waals surface area contributed by atoms with Gasteiger partial charge in [0.15, 0.2) is 0 Å². The average molecular weight is 248 g/mol. The largest absolute Gasteiger partial charge is 0.290 e. The van der Waals surface area contributed by atoms with Crippen LogP contribution in [0.15, 0.2) is 66.8 Å². The lowest BCUT2D eigenvalue weighted by molar-refractivity contribution is 0.568. The summed E-state index contributed by atoms with van der Waals surface area (Å²) in [6.45, 7) is 0. The summed E-state index contributed by atoms with van der Waals surface area (Å²) in [5.41, 5.74) is 1.30. The quantitative estimate of drug-likeness (QED) is 0.811. The van der Waals surface area contributed by atoms with E-state index in [1.807, 2.05) is 0 Å². The molecule has 94 valence electrons. The Morgan fingerprint density at radius 1 is 0.737 bits per heavy atom. The number of allylic oxidation sites excluding steroid dienone is 2. The van der Waals surface area contributed by atoms with E-state index in [1.54, 1.807) is 0 Å². The molecule has 0 saturated carbocycles. The molecule has 1 fully saturated rings. The Kier molecular flexibility index (Phi) is 2.50. The van der Waals surface area contributed by atoms with Crippen molar-refractivity contribution in [2.75, 3.05) is 0 Å². The first-order valence-corrected chi connectivity index (χ1v) is 6.76. The Hall–Kier alpha value is -1.90. The lowest BCUT2D eigenvalue weighted by Gasteiger charge is -2.13. The second-order valence-corrected chi connectivity index (χ2v) is 5.19. The summed E-state index contributed by atoms with van der Waals surface area (Å²) >= 11 is 0. The summed E-state index contributed by atoms with van der Waals surface area (Å²) in [6.07, 6.45) is 8.89. The van der Waals surface area contributed by atoms with E-state index in [0.29, 0.717) is 12.1 Å². The van der Waals surface area contributed by atoms with Crippen LogP contribution in [0.1, 0.15) is 11.7 Å². The highest BCUT2D eigenvalue weighted by Crippen LogP contribution is 2.24. The second kappa shape index (κ2) is 4.34. The van der Waals surface area contributed by atoms with Crippen LogP contribution in [0, 0.1) is 0 Å². The summed E-state index contributed by atoms with van der Waals surface area (Å²) < 4.78 is 0. The van der Waals surface area contributed by atoms with Crippen molar-refractivity contribution >= 4 is 10.8 Å². The van der Waals surface area contributed by atoms with Crippen LogP contribution < -0.4 is 10.6 Å². The number of hydrogen-bond donors (Lipinski definition) is 2. The van der Waals surface area contributed by atoms with Crippen LogP contribution >= 0.6 is 0 Å². The third-order valence-corrected chi connectivity index (χ3v) is 3.96. The number of nitrogens with one attached hydrogen (secondary N) is 2. The molecule has 0 amide bonds. The van der Waals surface area contributed by atoms with E-state index in [0.717, 1.165) is 0 Å². The van der Waals surface area contributed by atoms with E-state index >= 15 is 0 Å². The fourth-order valence-corrected chi connectivity index (χ4v) is 2.94. The van der Waals surface area contributed by atoms with Gasteiger partial charge in [-0.15, -0.1) is 0 Å². The lowest BCUT2D eigenvalue weighted by atomic mass is 10.1. The Balaban J connectivity index is 1.68. The maximum atomic E-state index is 3.62. The third kappa shape index (κ3) is 1.89. The SMILES string of the molecule is C1=CC2NC(c3ccc4ccccc4c3)NC2C=C1. The maximum Gasteiger partial charge on any atom is 0.0846 e. The smallest absolute Gasteiger partial charge is 0.0846 e. The van der Waals surface area contributed by atoms with Gasteiger partial charge in [0.25, 0.3) is 0 Å². The van der Waals surface area contributed by atoms with Crippen molar-refractivity contribution in [3.8, 4) is 0 Å². The van der Waals surface area contributed by atoms with E-state index in [4.69, 9.17) is 0 Å². The normalized spacial score (nSPS) is 28.7. The molecule has 0 spiro atoms. The van der Waals surface area contributed by atoms with Gasteiger partial charge in [0.1, 0.15) is 0 Å². The zero-order chi connectivity index (χ0) is 12.7. The number of rotatable bonds is 1. The standard InChI is InChI=1S/C17H16N2/c1-2-6-13-11-14(10-9-12(13)5-1)17-18-15-7-3-4-8-16(15)19-17/h1-11,15-19H. The zero-order valence-corrected chi connectivity index (χ0v) is 10.6. The maximum absolute atomic E-state index is 3.62. The molecule has 1 saturated heterocycles. The molecule has 4 rings (SSSR count). The van der Waals surface area contributed by atoms with E-state index < -0.39 is 0 Å². The minimum atomic E-state index is 0.229. The molecular weight excluding hydrogens is 232 g/mol. The molecule has 19 heavy (non-hydrogen) atoms. The summed E-state index contributed by atoms with van der Waals surface area (Å²) in [6, 6.07) is 16.0. The Bertz CT molecular complexity index is 652. The molecule has 2 heteroatoms. The minimum absolute atomic E-state index is 0.229. The van der Waals surface area contributed by atoms with Crippen LogP contribution in [0.2, 0.25) is 0 Å². The van der Waals surface area contributed by atoms with Crippen molar-refractivity contribution in [2.45, 2.75) is 18.2 Å². The molecule has 1 heterocycles. The van der Waals surface area contributed by atoms with Gasteiger partial charge in [-0.1, -0.05) is 60.7 Å². The van der Waals surface area contributed by atoms with E-state index in [1.165, 1.54) is 16.3 Å². The summed E-state index contributed by atoms with van der Waals surface area (Å²) in [5.74, 6) is 0. The molecule has 2 atom stereocenters. The van der Waals surface area contributed by atoms with Crippen LogP contribution in [-0.4, -0.2) is 12.1 Å². The average Bonchev–Trinajstić information content (AvgIpc) is 2.90. The first-order valence-electron chi connectivity index (χ1n) is 6.76. The molecule has 2 aromatic carbocycles. The Labute approximate surface area is 112 Å². The van der Waals surface area contributed by atoms with Gasteiger partial charge in [0.05, 0.1) is 6.17 Å². The topological polar surface area (TPSA) is 24.1 Å². The van der Waals surface area contributed by atoms with Gasteiger partial charge in [-0.2, -0.15) is 0 Å². The number of benzene rings is 2.